The molecule has 3 aromatic rings. The second-order valence-electron chi connectivity index (χ2n) is 7.99. The Labute approximate surface area is 191 Å². The van der Waals surface area contributed by atoms with Gasteiger partial charge in [-0.05, 0) is 59.5 Å². The van der Waals surface area contributed by atoms with Crippen LogP contribution in [0.5, 0.6) is 0 Å². The van der Waals surface area contributed by atoms with Gasteiger partial charge >= 0.3 is 0 Å². The molecule has 32 heavy (non-hydrogen) atoms. The Kier molecular flexibility index (Phi) is 6.61. The molecule has 0 N–H and O–H groups in total. The average Bonchev–Trinajstić information content (AvgIpc) is 3.39. The minimum absolute atomic E-state index is 0.0105. The van der Waals surface area contributed by atoms with Gasteiger partial charge in [0.15, 0.2) is 9.84 Å². The van der Waals surface area contributed by atoms with Gasteiger partial charge < -0.3 is 4.90 Å². The number of aryl methyl sites for hydroxylation is 2. The van der Waals surface area contributed by atoms with E-state index in [4.69, 9.17) is 0 Å². The largest absolute Gasteiger partial charge is 0.334 e. The van der Waals surface area contributed by atoms with Gasteiger partial charge in [0, 0.05) is 12.6 Å². The molecule has 0 bridgehead atoms. The van der Waals surface area contributed by atoms with Crippen LogP contribution in [0, 0.1) is 13.8 Å². The summed E-state index contributed by atoms with van der Waals surface area (Å²) in [5, 5.41) is 12.4. The molecule has 168 valence electrons. The van der Waals surface area contributed by atoms with Gasteiger partial charge in [-0.15, -0.1) is 5.10 Å². The first-order valence-corrected chi connectivity index (χ1v) is 13.2. The van der Waals surface area contributed by atoms with Crippen molar-refractivity contribution in [1.82, 2.24) is 25.1 Å². The monoisotopic (exact) mass is 471 g/mol. The summed E-state index contributed by atoms with van der Waals surface area (Å²) < 4.78 is 25.7. The number of thioether (sulfide) groups is 1. The van der Waals surface area contributed by atoms with E-state index >= 15 is 0 Å². The van der Waals surface area contributed by atoms with Gasteiger partial charge in [-0.25, -0.2) is 8.42 Å². The van der Waals surface area contributed by atoms with Crippen molar-refractivity contribution in [3.8, 4) is 5.69 Å². The number of hydrogen-bond acceptors (Lipinski definition) is 7. The fourth-order valence-corrected chi connectivity index (χ4v) is 6.23. The highest BCUT2D eigenvalue weighted by atomic mass is 32.2. The van der Waals surface area contributed by atoms with Gasteiger partial charge in [-0.1, -0.05) is 48.2 Å². The summed E-state index contributed by atoms with van der Waals surface area (Å²) in [5.74, 6) is 0.121. The molecule has 0 aliphatic carbocycles. The van der Waals surface area contributed by atoms with E-state index in [-0.39, 0.29) is 29.2 Å². The summed E-state index contributed by atoms with van der Waals surface area (Å²) in [6, 6.07) is 15.3. The lowest BCUT2D eigenvalue weighted by Crippen LogP contribution is -2.41. The highest BCUT2D eigenvalue weighted by Crippen LogP contribution is 2.24. The van der Waals surface area contributed by atoms with Crippen LogP contribution in [-0.2, 0) is 21.2 Å². The van der Waals surface area contributed by atoms with Crippen LogP contribution in [0.15, 0.2) is 53.7 Å². The standard InChI is InChI=1S/C22H25N5O3S2/c1-16-8-9-19(12-17(16)2)27-22(23-24-25-27)31-14-21(28)26(13-18-6-4-3-5-7-18)20-10-11-32(29,30)15-20/h3-9,12,20H,10-11,13-15H2,1-2H3/t20-/m1/s1. The molecular formula is C22H25N5O3S2. The quantitative estimate of drug-likeness (QED) is 0.489. The summed E-state index contributed by atoms with van der Waals surface area (Å²) in [7, 11) is -3.11. The molecule has 0 saturated carbocycles. The molecule has 0 radical (unpaired) electrons. The van der Waals surface area contributed by atoms with E-state index in [1.165, 1.54) is 17.3 Å². The molecule has 2 aromatic carbocycles. The number of carbonyl (C=O) groups is 1. The number of rotatable bonds is 7. The van der Waals surface area contributed by atoms with E-state index in [9.17, 15) is 13.2 Å². The van der Waals surface area contributed by atoms with E-state index in [0.717, 1.165) is 16.8 Å². The molecule has 10 heteroatoms. The second kappa shape index (κ2) is 9.41. The maximum atomic E-state index is 13.2. The lowest BCUT2D eigenvalue weighted by Gasteiger charge is -2.28. The molecule has 8 nitrogen and oxygen atoms in total. The fraction of sp³-hybridized carbons (Fsp3) is 0.364. The van der Waals surface area contributed by atoms with Crippen molar-refractivity contribution < 1.29 is 13.2 Å². The molecule has 0 unspecified atom stereocenters. The number of tetrazole rings is 1. The van der Waals surface area contributed by atoms with Crippen molar-refractivity contribution in [3.63, 3.8) is 0 Å². The summed E-state index contributed by atoms with van der Waals surface area (Å²) in [4.78, 5) is 14.9. The number of sulfone groups is 1. The van der Waals surface area contributed by atoms with Crippen molar-refractivity contribution >= 4 is 27.5 Å². The Balaban J connectivity index is 1.50. The van der Waals surface area contributed by atoms with Gasteiger partial charge in [0.1, 0.15) is 0 Å². The zero-order valence-electron chi connectivity index (χ0n) is 18.0. The summed E-state index contributed by atoms with van der Waals surface area (Å²) in [6.07, 6.45) is 0.464. The lowest BCUT2D eigenvalue weighted by atomic mass is 10.1. The van der Waals surface area contributed by atoms with Crippen molar-refractivity contribution in [3.05, 3.63) is 65.2 Å². The second-order valence-corrected chi connectivity index (χ2v) is 11.2. The van der Waals surface area contributed by atoms with Crippen LogP contribution in [0.4, 0.5) is 0 Å². The van der Waals surface area contributed by atoms with Crippen LogP contribution in [0.3, 0.4) is 0 Å². The summed E-state index contributed by atoms with van der Waals surface area (Å²) in [6.45, 7) is 4.44. The molecule has 1 saturated heterocycles. The molecular weight excluding hydrogens is 446 g/mol. The number of hydrogen-bond donors (Lipinski definition) is 0. The summed E-state index contributed by atoms with van der Waals surface area (Å²) in [5.41, 5.74) is 4.10. The van der Waals surface area contributed by atoms with Crippen molar-refractivity contribution in [2.75, 3.05) is 17.3 Å². The maximum absolute atomic E-state index is 13.2. The number of benzene rings is 2. The highest BCUT2D eigenvalue weighted by molar-refractivity contribution is 7.99. The zero-order valence-corrected chi connectivity index (χ0v) is 19.6. The predicted octanol–water partition coefficient (Wildman–Crippen LogP) is 2.59. The van der Waals surface area contributed by atoms with Crippen molar-refractivity contribution in [1.29, 1.82) is 0 Å². The first-order chi connectivity index (χ1) is 15.3. The molecule has 2 heterocycles. The third-order valence-corrected chi connectivity index (χ3v) is 8.32. The topological polar surface area (TPSA) is 98.1 Å². The number of nitrogens with zero attached hydrogens (tertiary/aromatic N) is 5. The van der Waals surface area contributed by atoms with Crippen molar-refractivity contribution in [2.45, 2.75) is 38.0 Å². The average molecular weight is 472 g/mol. The van der Waals surface area contributed by atoms with Gasteiger partial charge in [0.05, 0.1) is 22.9 Å². The predicted molar refractivity (Wildman–Crippen MR) is 123 cm³/mol. The molecule has 1 aliphatic rings. The van der Waals surface area contributed by atoms with Gasteiger partial charge in [0.25, 0.3) is 0 Å². The Morgan fingerprint density at radius 3 is 2.62 bits per heavy atom. The van der Waals surface area contributed by atoms with Gasteiger partial charge in [-0.2, -0.15) is 4.68 Å². The van der Waals surface area contributed by atoms with Crippen LogP contribution < -0.4 is 0 Å². The third-order valence-electron chi connectivity index (χ3n) is 5.67. The molecule has 1 atom stereocenters. The normalized spacial score (nSPS) is 17.4. The van der Waals surface area contributed by atoms with Crippen LogP contribution in [-0.4, -0.2) is 62.7 Å². The highest BCUT2D eigenvalue weighted by Gasteiger charge is 2.34. The lowest BCUT2D eigenvalue weighted by molar-refractivity contribution is -0.130. The minimum atomic E-state index is -3.11. The van der Waals surface area contributed by atoms with E-state index < -0.39 is 9.84 Å². The van der Waals surface area contributed by atoms with E-state index in [1.807, 2.05) is 62.4 Å². The van der Waals surface area contributed by atoms with Gasteiger partial charge in [-0.3, -0.25) is 4.79 Å². The van der Waals surface area contributed by atoms with Crippen LogP contribution in [0.1, 0.15) is 23.1 Å². The van der Waals surface area contributed by atoms with Crippen molar-refractivity contribution in [2.24, 2.45) is 0 Å². The Morgan fingerprint density at radius 2 is 1.94 bits per heavy atom. The van der Waals surface area contributed by atoms with E-state index in [1.54, 1.807) is 9.58 Å². The Bertz CT molecular complexity index is 1210. The van der Waals surface area contributed by atoms with E-state index in [0.29, 0.717) is 18.1 Å². The SMILES string of the molecule is Cc1ccc(-n2nnnc2SCC(=O)N(Cc2ccccc2)[C@@H]2CCS(=O)(=O)C2)cc1C. The van der Waals surface area contributed by atoms with E-state index in [2.05, 4.69) is 15.5 Å². The Hall–Kier alpha value is -2.72. The first kappa shape index (κ1) is 22.5. The number of amides is 1. The Morgan fingerprint density at radius 1 is 1.16 bits per heavy atom. The zero-order chi connectivity index (χ0) is 22.7. The van der Waals surface area contributed by atoms with Crippen LogP contribution in [0.2, 0.25) is 0 Å². The first-order valence-electron chi connectivity index (χ1n) is 10.3. The van der Waals surface area contributed by atoms with Crippen LogP contribution >= 0.6 is 11.8 Å². The molecule has 1 aliphatic heterocycles. The van der Waals surface area contributed by atoms with Crippen LogP contribution in [0.25, 0.3) is 5.69 Å². The minimum Gasteiger partial charge on any atom is -0.334 e. The maximum Gasteiger partial charge on any atom is 0.233 e. The third kappa shape index (κ3) is 5.18. The fourth-order valence-electron chi connectivity index (χ4n) is 3.72. The van der Waals surface area contributed by atoms with Gasteiger partial charge in [0.2, 0.25) is 11.1 Å². The number of carbonyl (C=O) groups excluding carboxylic acids is 1. The number of aromatic nitrogens is 4. The molecule has 1 aromatic heterocycles. The molecule has 1 fully saturated rings. The summed E-state index contributed by atoms with van der Waals surface area (Å²) >= 11 is 1.25. The molecule has 0 spiro atoms. The molecule has 1 amide bonds. The smallest absolute Gasteiger partial charge is 0.233 e. The molecule has 4 rings (SSSR count).